The van der Waals surface area contributed by atoms with Crippen molar-refractivity contribution in [1.82, 2.24) is 5.32 Å². The summed E-state index contributed by atoms with van der Waals surface area (Å²) in [5.74, 6) is -1.62. The molecule has 1 amide bonds. The van der Waals surface area contributed by atoms with Crippen LogP contribution in [0.4, 0.5) is 0 Å². The van der Waals surface area contributed by atoms with E-state index in [1.54, 1.807) is 0 Å². The van der Waals surface area contributed by atoms with Crippen molar-refractivity contribution in [3.63, 3.8) is 0 Å². The zero-order chi connectivity index (χ0) is 10.7. The molecule has 5 nitrogen and oxygen atoms in total. The van der Waals surface area contributed by atoms with E-state index < -0.39 is 17.9 Å². The summed E-state index contributed by atoms with van der Waals surface area (Å²) in [6.07, 6.45) is 1.61. The van der Waals surface area contributed by atoms with Gasteiger partial charge in [-0.1, -0.05) is 0 Å². The minimum Gasteiger partial charge on any atom is -0.480 e. The van der Waals surface area contributed by atoms with Crippen LogP contribution in [0, 0.1) is 5.92 Å². The highest BCUT2D eigenvalue weighted by molar-refractivity contribution is 5.90. The molecule has 1 aliphatic carbocycles. The lowest BCUT2D eigenvalue weighted by Gasteiger charge is -2.11. The van der Waals surface area contributed by atoms with E-state index in [1.807, 2.05) is 0 Å². The van der Waals surface area contributed by atoms with E-state index in [0.717, 1.165) is 12.8 Å². The van der Waals surface area contributed by atoms with Gasteiger partial charge in [0.25, 0.3) is 0 Å². The number of carbonyl (C=O) groups excluding carboxylic acids is 2. The summed E-state index contributed by atoms with van der Waals surface area (Å²) < 4.78 is 0. The first-order valence-corrected chi connectivity index (χ1v) is 4.53. The van der Waals surface area contributed by atoms with Crippen molar-refractivity contribution in [3.05, 3.63) is 0 Å². The fourth-order valence-corrected chi connectivity index (χ4v) is 1.22. The van der Waals surface area contributed by atoms with Gasteiger partial charge in [-0.15, -0.1) is 0 Å². The van der Waals surface area contributed by atoms with Crippen LogP contribution in [-0.2, 0) is 14.4 Å². The average Bonchev–Trinajstić information content (AvgIpc) is 2.83. The van der Waals surface area contributed by atoms with Crippen LogP contribution in [0.2, 0.25) is 0 Å². The van der Waals surface area contributed by atoms with Gasteiger partial charge < -0.3 is 10.4 Å². The molecule has 1 fully saturated rings. The molecule has 14 heavy (non-hydrogen) atoms. The van der Waals surface area contributed by atoms with E-state index in [9.17, 15) is 14.4 Å². The summed E-state index contributed by atoms with van der Waals surface area (Å²) >= 11 is 0. The van der Waals surface area contributed by atoms with E-state index in [2.05, 4.69) is 5.32 Å². The Hall–Kier alpha value is -1.39. The summed E-state index contributed by atoms with van der Waals surface area (Å²) in [5.41, 5.74) is 0. The molecule has 0 aromatic carbocycles. The van der Waals surface area contributed by atoms with Gasteiger partial charge in [0.2, 0.25) is 5.91 Å². The third-order valence-corrected chi connectivity index (χ3v) is 2.11. The Kier molecular flexibility index (Phi) is 3.22. The average molecular weight is 199 g/mol. The van der Waals surface area contributed by atoms with E-state index in [0.29, 0.717) is 0 Å². The van der Waals surface area contributed by atoms with Crippen LogP contribution >= 0.6 is 0 Å². The molecule has 78 valence electrons. The van der Waals surface area contributed by atoms with Gasteiger partial charge in [0.1, 0.15) is 11.8 Å². The van der Waals surface area contributed by atoms with Crippen molar-refractivity contribution >= 4 is 17.7 Å². The number of aliphatic carboxylic acids is 1. The first-order chi connectivity index (χ1) is 6.50. The first kappa shape index (κ1) is 10.7. The number of ketones is 1. The highest BCUT2D eigenvalue weighted by atomic mass is 16.4. The Labute approximate surface area is 81.5 Å². The number of amides is 1. The molecule has 0 saturated heterocycles. The predicted molar refractivity (Wildman–Crippen MR) is 47.6 cm³/mol. The van der Waals surface area contributed by atoms with E-state index >= 15 is 0 Å². The van der Waals surface area contributed by atoms with Gasteiger partial charge in [-0.3, -0.25) is 9.59 Å². The molecular formula is C9H13NO4. The third-order valence-electron chi connectivity index (χ3n) is 2.11. The molecule has 0 bridgehead atoms. The predicted octanol–water partition coefficient (Wildman–Crippen LogP) is -0.0551. The summed E-state index contributed by atoms with van der Waals surface area (Å²) in [4.78, 5) is 32.6. The second-order valence-electron chi connectivity index (χ2n) is 3.54. The summed E-state index contributed by atoms with van der Waals surface area (Å²) in [6, 6.07) is -1.07. The lowest BCUT2D eigenvalue weighted by atomic mass is 10.1. The van der Waals surface area contributed by atoms with E-state index in [-0.39, 0.29) is 18.1 Å². The maximum atomic E-state index is 11.3. The fourth-order valence-electron chi connectivity index (χ4n) is 1.22. The Morgan fingerprint density at radius 2 is 2.00 bits per heavy atom. The number of hydrogen-bond acceptors (Lipinski definition) is 3. The Morgan fingerprint density at radius 3 is 2.36 bits per heavy atom. The number of Topliss-reactive ketones (excluding diaryl/α,β-unsaturated/α-hetero) is 1. The molecule has 0 radical (unpaired) electrons. The van der Waals surface area contributed by atoms with E-state index in [4.69, 9.17) is 5.11 Å². The molecule has 0 aromatic rings. The second-order valence-corrected chi connectivity index (χ2v) is 3.54. The second kappa shape index (κ2) is 4.21. The van der Waals surface area contributed by atoms with Crippen LogP contribution in [0.25, 0.3) is 0 Å². The van der Waals surface area contributed by atoms with Crippen LogP contribution in [0.3, 0.4) is 0 Å². The minimum absolute atomic E-state index is 0.0330. The van der Waals surface area contributed by atoms with Crippen molar-refractivity contribution < 1.29 is 19.5 Å². The smallest absolute Gasteiger partial charge is 0.326 e. The molecule has 1 rings (SSSR count). The Bertz CT molecular complexity index is 270. The van der Waals surface area contributed by atoms with Crippen molar-refractivity contribution in [3.8, 4) is 0 Å². The Morgan fingerprint density at radius 1 is 1.43 bits per heavy atom. The van der Waals surface area contributed by atoms with Gasteiger partial charge in [0.05, 0.1) is 0 Å². The maximum absolute atomic E-state index is 11.3. The topological polar surface area (TPSA) is 83.5 Å². The van der Waals surface area contributed by atoms with Gasteiger partial charge >= 0.3 is 5.97 Å². The van der Waals surface area contributed by atoms with Crippen LogP contribution in [-0.4, -0.2) is 28.8 Å². The molecule has 2 N–H and O–H groups in total. The number of rotatable bonds is 5. The van der Waals surface area contributed by atoms with Crippen LogP contribution in [0.5, 0.6) is 0 Å². The molecule has 5 heteroatoms. The largest absolute Gasteiger partial charge is 0.480 e. The lowest BCUT2D eigenvalue weighted by Crippen LogP contribution is -2.41. The number of carboxylic acids is 1. The van der Waals surface area contributed by atoms with Crippen molar-refractivity contribution in [2.45, 2.75) is 32.2 Å². The van der Waals surface area contributed by atoms with Gasteiger partial charge in [0.15, 0.2) is 0 Å². The van der Waals surface area contributed by atoms with Gasteiger partial charge in [-0.2, -0.15) is 0 Å². The first-order valence-electron chi connectivity index (χ1n) is 4.53. The highest BCUT2D eigenvalue weighted by Gasteiger charge is 2.33. The van der Waals surface area contributed by atoms with Gasteiger partial charge in [0, 0.05) is 19.3 Å². The fraction of sp³-hybridized carbons (Fsp3) is 0.667. The van der Waals surface area contributed by atoms with Crippen molar-refractivity contribution in [2.24, 2.45) is 5.92 Å². The molecule has 0 spiro atoms. The zero-order valence-corrected chi connectivity index (χ0v) is 7.95. The molecule has 1 saturated carbocycles. The van der Waals surface area contributed by atoms with Crippen molar-refractivity contribution in [2.75, 3.05) is 0 Å². The number of carbonyl (C=O) groups is 3. The molecule has 0 aliphatic heterocycles. The number of nitrogens with one attached hydrogen (secondary N) is 1. The van der Waals surface area contributed by atoms with E-state index in [1.165, 1.54) is 6.92 Å². The molecule has 1 atom stereocenters. The standard InChI is InChI=1S/C9H13NO4/c1-5(11)10-7(9(13)14)4-8(12)6-2-3-6/h6-7H,2-4H2,1H3,(H,10,11)(H,13,14). The third kappa shape index (κ3) is 3.16. The zero-order valence-electron chi connectivity index (χ0n) is 7.95. The molecule has 0 aromatic heterocycles. The lowest BCUT2D eigenvalue weighted by molar-refractivity contribution is -0.143. The number of carboxylic acid groups (broad SMARTS) is 1. The normalized spacial score (nSPS) is 17.2. The van der Waals surface area contributed by atoms with Crippen molar-refractivity contribution in [1.29, 1.82) is 0 Å². The molecule has 1 unspecified atom stereocenters. The van der Waals surface area contributed by atoms with Gasteiger partial charge in [-0.05, 0) is 12.8 Å². The monoisotopic (exact) mass is 199 g/mol. The molecular weight excluding hydrogens is 186 g/mol. The SMILES string of the molecule is CC(=O)NC(CC(=O)C1CC1)C(=O)O. The summed E-state index contributed by atoms with van der Waals surface area (Å²) in [6.45, 7) is 1.23. The quantitative estimate of drug-likeness (QED) is 0.650. The highest BCUT2D eigenvalue weighted by Crippen LogP contribution is 2.31. The van der Waals surface area contributed by atoms with Gasteiger partial charge in [-0.25, -0.2) is 4.79 Å². The van der Waals surface area contributed by atoms with Crippen LogP contribution in [0.1, 0.15) is 26.2 Å². The Balaban J connectivity index is 2.45. The van der Waals surface area contributed by atoms with Crippen LogP contribution < -0.4 is 5.32 Å². The minimum atomic E-state index is -1.16. The maximum Gasteiger partial charge on any atom is 0.326 e. The summed E-state index contributed by atoms with van der Waals surface area (Å²) in [5, 5.41) is 10.9. The van der Waals surface area contributed by atoms with Crippen LogP contribution in [0.15, 0.2) is 0 Å². The number of hydrogen-bond donors (Lipinski definition) is 2. The molecule has 1 aliphatic rings. The molecule has 0 heterocycles. The summed E-state index contributed by atoms with van der Waals surface area (Å²) in [7, 11) is 0.